The normalized spacial score (nSPS) is 11.7. The molecule has 0 spiro atoms. The summed E-state index contributed by atoms with van der Waals surface area (Å²) in [6, 6.07) is 6.35. The van der Waals surface area contributed by atoms with E-state index in [0.717, 1.165) is 11.3 Å². The van der Waals surface area contributed by atoms with Crippen LogP contribution in [0.3, 0.4) is 0 Å². The van der Waals surface area contributed by atoms with E-state index in [9.17, 15) is 10.1 Å². The van der Waals surface area contributed by atoms with Crippen LogP contribution in [-0.4, -0.2) is 16.2 Å². The minimum atomic E-state index is -0.413. The summed E-state index contributed by atoms with van der Waals surface area (Å²) in [6.45, 7) is 7.90. The third-order valence-electron chi connectivity index (χ3n) is 2.05. The zero-order chi connectivity index (χ0) is 13.1. The van der Waals surface area contributed by atoms with Crippen molar-refractivity contribution in [2.45, 2.75) is 33.2 Å². The number of hydrogen-bond acceptors (Lipinski definition) is 4. The number of hydrogen-bond donors (Lipinski definition) is 1. The van der Waals surface area contributed by atoms with Crippen LogP contribution in [0.5, 0.6) is 0 Å². The predicted molar refractivity (Wildman–Crippen MR) is 75.4 cm³/mol. The first-order chi connectivity index (χ1) is 7.79. The van der Waals surface area contributed by atoms with E-state index in [1.54, 1.807) is 12.1 Å². The van der Waals surface area contributed by atoms with Crippen LogP contribution >= 0.6 is 12.4 Å². The topological polar surface area (TPSA) is 67.5 Å². The van der Waals surface area contributed by atoms with Gasteiger partial charge < -0.3 is 5.43 Å². The Morgan fingerprint density at radius 1 is 1.28 bits per heavy atom. The summed E-state index contributed by atoms with van der Waals surface area (Å²) >= 11 is 0. The van der Waals surface area contributed by atoms with Gasteiger partial charge in [-0.3, -0.25) is 10.1 Å². The highest BCUT2D eigenvalue weighted by Gasteiger charge is 2.08. The maximum atomic E-state index is 10.5. The third-order valence-corrected chi connectivity index (χ3v) is 2.05. The minimum absolute atomic E-state index is 0. The smallest absolute Gasteiger partial charge is 0.269 e. The van der Waals surface area contributed by atoms with Gasteiger partial charge >= 0.3 is 0 Å². The van der Waals surface area contributed by atoms with Gasteiger partial charge in [-0.15, -0.1) is 12.4 Å². The monoisotopic (exact) mass is 271 g/mol. The quantitative estimate of drug-likeness (QED) is 0.522. The van der Waals surface area contributed by atoms with E-state index < -0.39 is 4.92 Å². The summed E-state index contributed by atoms with van der Waals surface area (Å²) < 4.78 is 0. The number of nitro groups is 1. The molecule has 1 N–H and O–H groups in total. The molecule has 18 heavy (non-hydrogen) atoms. The summed E-state index contributed by atoms with van der Waals surface area (Å²) in [5.74, 6) is 0. The van der Waals surface area contributed by atoms with Crippen LogP contribution in [0.1, 0.15) is 33.3 Å². The van der Waals surface area contributed by atoms with E-state index in [-0.39, 0.29) is 23.6 Å². The summed E-state index contributed by atoms with van der Waals surface area (Å²) in [5.41, 5.74) is 4.67. The van der Waals surface area contributed by atoms with E-state index >= 15 is 0 Å². The molecule has 0 radical (unpaired) electrons. The Kier molecular flexibility index (Phi) is 5.78. The van der Waals surface area contributed by atoms with Gasteiger partial charge in [-0.25, -0.2) is 0 Å². The summed E-state index contributed by atoms with van der Waals surface area (Å²) in [5, 5.41) is 14.7. The van der Waals surface area contributed by atoms with Gasteiger partial charge in [-0.05, 0) is 45.4 Å². The van der Waals surface area contributed by atoms with Crippen molar-refractivity contribution in [3.05, 3.63) is 39.9 Å². The number of rotatable bonds is 3. The van der Waals surface area contributed by atoms with Crippen molar-refractivity contribution in [1.29, 1.82) is 0 Å². The zero-order valence-corrected chi connectivity index (χ0v) is 11.7. The van der Waals surface area contributed by atoms with Gasteiger partial charge in [0.25, 0.3) is 5.69 Å². The van der Waals surface area contributed by atoms with Crippen LogP contribution in [0.2, 0.25) is 0 Å². The van der Waals surface area contributed by atoms with Crippen LogP contribution < -0.4 is 5.43 Å². The minimum Gasteiger partial charge on any atom is -0.305 e. The van der Waals surface area contributed by atoms with Crippen molar-refractivity contribution in [1.82, 2.24) is 5.43 Å². The molecule has 0 saturated carbocycles. The molecular formula is C12H18ClN3O2. The maximum absolute atomic E-state index is 10.5. The molecule has 1 aromatic carbocycles. The first kappa shape index (κ1) is 16.4. The van der Waals surface area contributed by atoms with Gasteiger partial charge in [-0.1, -0.05) is 0 Å². The standard InChI is InChI=1S/C12H17N3O2.ClH/c1-9(13-14-12(2,3)4)10-5-7-11(8-6-10)15(16)17;/h5-8,14H,1-4H3;1H. The van der Waals surface area contributed by atoms with E-state index in [2.05, 4.69) is 10.5 Å². The second-order valence-electron chi connectivity index (χ2n) is 4.86. The Morgan fingerprint density at radius 2 is 1.78 bits per heavy atom. The predicted octanol–water partition coefficient (Wildman–Crippen LogP) is 3.13. The fraction of sp³-hybridized carbons (Fsp3) is 0.417. The van der Waals surface area contributed by atoms with E-state index in [0.29, 0.717) is 0 Å². The van der Waals surface area contributed by atoms with Crippen LogP contribution in [0, 0.1) is 10.1 Å². The molecule has 0 bridgehead atoms. The van der Waals surface area contributed by atoms with Gasteiger partial charge in [0, 0.05) is 17.7 Å². The van der Waals surface area contributed by atoms with Crippen molar-refractivity contribution in [3.8, 4) is 0 Å². The van der Waals surface area contributed by atoms with Gasteiger partial charge in [0.15, 0.2) is 0 Å². The highest BCUT2D eigenvalue weighted by molar-refractivity contribution is 5.98. The van der Waals surface area contributed by atoms with Crippen LogP contribution in [0.25, 0.3) is 0 Å². The van der Waals surface area contributed by atoms with Crippen molar-refractivity contribution >= 4 is 23.8 Å². The lowest BCUT2D eigenvalue weighted by Gasteiger charge is -2.18. The van der Waals surface area contributed by atoms with Crippen LogP contribution in [0.15, 0.2) is 29.4 Å². The number of nitrogens with one attached hydrogen (secondary N) is 1. The van der Waals surface area contributed by atoms with Gasteiger partial charge in [0.05, 0.1) is 10.6 Å². The third kappa shape index (κ3) is 5.14. The molecule has 100 valence electrons. The van der Waals surface area contributed by atoms with Crippen LogP contribution in [-0.2, 0) is 0 Å². The Morgan fingerprint density at radius 3 is 2.17 bits per heavy atom. The second-order valence-corrected chi connectivity index (χ2v) is 4.86. The number of nitro benzene ring substituents is 1. The molecule has 0 saturated heterocycles. The lowest BCUT2D eigenvalue weighted by Crippen LogP contribution is -2.32. The summed E-state index contributed by atoms with van der Waals surface area (Å²) in [6.07, 6.45) is 0. The van der Waals surface area contributed by atoms with E-state index in [1.165, 1.54) is 12.1 Å². The molecule has 0 fully saturated rings. The van der Waals surface area contributed by atoms with Gasteiger partial charge in [-0.2, -0.15) is 5.10 Å². The zero-order valence-electron chi connectivity index (χ0n) is 10.9. The Labute approximate surface area is 113 Å². The van der Waals surface area contributed by atoms with Crippen LogP contribution in [0.4, 0.5) is 5.69 Å². The summed E-state index contributed by atoms with van der Waals surface area (Å²) in [4.78, 5) is 10.1. The fourth-order valence-corrected chi connectivity index (χ4v) is 1.14. The largest absolute Gasteiger partial charge is 0.305 e. The Bertz CT molecular complexity index is 436. The number of halogens is 1. The highest BCUT2D eigenvalue weighted by Crippen LogP contribution is 2.12. The highest BCUT2D eigenvalue weighted by atomic mass is 35.5. The fourth-order valence-electron chi connectivity index (χ4n) is 1.14. The molecule has 1 rings (SSSR count). The van der Waals surface area contributed by atoms with Crippen molar-refractivity contribution in [2.75, 3.05) is 0 Å². The average Bonchev–Trinajstić information content (AvgIpc) is 2.25. The van der Waals surface area contributed by atoms with Crippen molar-refractivity contribution in [3.63, 3.8) is 0 Å². The Hall–Kier alpha value is -1.62. The lowest BCUT2D eigenvalue weighted by molar-refractivity contribution is -0.384. The second kappa shape index (κ2) is 6.35. The first-order valence-corrected chi connectivity index (χ1v) is 5.36. The maximum Gasteiger partial charge on any atom is 0.269 e. The first-order valence-electron chi connectivity index (χ1n) is 5.36. The molecule has 5 nitrogen and oxygen atoms in total. The molecule has 0 amide bonds. The van der Waals surface area contributed by atoms with E-state index in [4.69, 9.17) is 0 Å². The number of non-ortho nitro benzene ring substituents is 1. The van der Waals surface area contributed by atoms with E-state index in [1.807, 2.05) is 27.7 Å². The molecule has 0 aliphatic heterocycles. The number of nitrogens with zero attached hydrogens (tertiary/aromatic N) is 2. The lowest BCUT2D eigenvalue weighted by atomic mass is 10.1. The average molecular weight is 272 g/mol. The molecule has 0 aliphatic carbocycles. The molecule has 0 heterocycles. The molecule has 0 aromatic heterocycles. The molecule has 0 aliphatic rings. The molecule has 6 heteroatoms. The molecule has 0 atom stereocenters. The van der Waals surface area contributed by atoms with Gasteiger partial charge in [0.2, 0.25) is 0 Å². The molecule has 1 aromatic rings. The molecule has 0 unspecified atom stereocenters. The number of benzene rings is 1. The summed E-state index contributed by atoms with van der Waals surface area (Å²) in [7, 11) is 0. The number of hydrazone groups is 1. The van der Waals surface area contributed by atoms with Crippen molar-refractivity contribution in [2.24, 2.45) is 5.10 Å². The van der Waals surface area contributed by atoms with Gasteiger partial charge in [0.1, 0.15) is 0 Å². The SMILES string of the molecule is CC(=NNC(C)(C)C)c1ccc([N+](=O)[O-])cc1.Cl. The Balaban J connectivity index is 0.00000289. The molecular weight excluding hydrogens is 254 g/mol. The van der Waals surface area contributed by atoms with Crippen molar-refractivity contribution < 1.29 is 4.92 Å².